The van der Waals surface area contributed by atoms with Crippen LogP contribution in [0.1, 0.15) is 31.7 Å². The van der Waals surface area contributed by atoms with E-state index in [1.165, 1.54) is 10.4 Å². The molecule has 2 heterocycles. The molecule has 0 radical (unpaired) electrons. The van der Waals surface area contributed by atoms with Gasteiger partial charge in [-0.3, -0.25) is 0 Å². The van der Waals surface area contributed by atoms with Gasteiger partial charge in [0.1, 0.15) is 0 Å². The first-order chi connectivity index (χ1) is 9.16. The van der Waals surface area contributed by atoms with Crippen molar-refractivity contribution in [1.29, 1.82) is 0 Å². The molecule has 0 unspecified atom stereocenters. The van der Waals surface area contributed by atoms with Gasteiger partial charge in [-0.05, 0) is 49.4 Å². The number of nitrogens with zero attached hydrogens (tertiary/aromatic N) is 1. The summed E-state index contributed by atoms with van der Waals surface area (Å²) in [5, 5.41) is 5.52. The molecule has 0 aliphatic rings. The smallest absolute Gasteiger partial charge is 0.194 e. The van der Waals surface area contributed by atoms with E-state index in [0.29, 0.717) is 5.92 Å². The molecule has 2 aromatic heterocycles. The lowest BCUT2D eigenvalue weighted by Gasteiger charge is -2.05. The molecule has 0 saturated heterocycles. The first-order valence-electron chi connectivity index (χ1n) is 6.86. The molecule has 0 amide bonds. The van der Waals surface area contributed by atoms with Gasteiger partial charge in [0, 0.05) is 6.42 Å². The van der Waals surface area contributed by atoms with E-state index >= 15 is 0 Å². The maximum absolute atomic E-state index is 5.81. The summed E-state index contributed by atoms with van der Waals surface area (Å²) < 4.78 is 5.81. The first-order valence-corrected chi connectivity index (χ1v) is 7.74. The minimum absolute atomic E-state index is 0.704. The van der Waals surface area contributed by atoms with Crippen molar-refractivity contribution in [3.63, 3.8) is 0 Å². The van der Waals surface area contributed by atoms with E-state index in [1.807, 2.05) is 6.20 Å². The van der Waals surface area contributed by atoms with Crippen LogP contribution in [0.5, 0.6) is 0 Å². The molecule has 0 aromatic carbocycles. The molecular weight excluding hydrogens is 256 g/mol. The van der Waals surface area contributed by atoms with E-state index in [1.54, 1.807) is 11.3 Å². The molecule has 0 saturated carbocycles. The zero-order valence-electron chi connectivity index (χ0n) is 11.9. The largest absolute Gasteiger partial charge is 0.440 e. The number of rotatable bonds is 7. The van der Waals surface area contributed by atoms with Crippen LogP contribution < -0.4 is 5.32 Å². The normalized spacial score (nSPS) is 11.4. The lowest BCUT2D eigenvalue weighted by molar-refractivity contribution is 0.484. The fourth-order valence-electron chi connectivity index (χ4n) is 1.91. The number of hydrogen-bond donors (Lipinski definition) is 1. The predicted molar refractivity (Wildman–Crippen MR) is 80.6 cm³/mol. The summed E-state index contributed by atoms with van der Waals surface area (Å²) in [6.45, 7) is 8.64. The zero-order valence-corrected chi connectivity index (χ0v) is 12.7. The van der Waals surface area contributed by atoms with Crippen LogP contribution >= 0.6 is 11.3 Å². The Hall–Kier alpha value is -1.13. The third kappa shape index (κ3) is 4.18. The Morgan fingerprint density at radius 2 is 2.26 bits per heavy atom. The van der Waals surface area contributed by atoms with Gasteiger partial charge in [-0.2, -0.15) is 0 Å². The number of oxazole rings is 1. The van der Waals surface area contributed by atoms with Gasteiger partial charge >= 0.3 is 0 Å². The minimum Gasteiger partial charge on any atom is -0.440 e. The van der Waals surface area contributed by atoms with Gasteiger partial charge in [-0.15, -0.1) is 11.3 Å². The number of thiophene rings is 1. The Bertz CT molecular complexity index is 502. The average Bonchev–Trinajstić information content (AvgIpc) is 2.97. The van der Waals surface area contributed by atoms with Gasteiger partial charge in [0.15, 0.2) is 11.7 Å². The Kier molecular flexibility index (Phi) is 5.16. The van der Waals surface area contributed by atoms with Gasteiger partial charge in [0.25, 0.3) is 0 Å². The van der Waals surface area contributed by atoms with Crippen molar-refractivity contribution in [3.05, 3.63) is 29.1 Å². The molecule has 2 rings (SSSR count). The lowest BCUT2D eigenvalue weighted by atomic mass is 10.2. The molecule has 3 nitrogen and oxygen atoms in total. The van der Waals surface area contributed by atoms with Crippen molar-refractivity contribution in [2.75, 3.05) is 13.1 Å². The SMILES string of the molecule is Cc1ccsc1-c1cnc(CCCNCC(C)C)o1. The molecule has 0 aliphatic carbocycles. The molecule has 0 aliphatic heterocycles. The van der Waals surface area contributed by atoms with Crippen LogP contribution in [0.15, 0.2) is 22.1 Å². The van der Waals surface area contributed by atoms with Crippen LogP contribution in [-0.4, -0.2) is 18.1 Å². The Morgan fingerprint density at radius 3 is 2.95 bits per heavy atom. The van der Waals surface area contributed by atoms with Crippen molar-refractivity contribution < 1.29 is 4.42 Å². The van der Waals surface area contributed by atoms with Crippen molar-refractivity contribution in [3.8, 4) is 10.6 Å². The Balaban J connectivity index is 1.80. The topological polar surface area (TPSA) is 38.1 Å². The van der Waals surface area contributed by atoms with Gasteiger partial charge in [0.05, 0.1) is 11.1 Å². The summed E-state index contributed by atoms with van der Waals surface area (Å²) in [6, 6.07) is 2.11. The first kappa shape index (κ1) is 14.3. The fourth-order valence-corrected chi connectivity index (χ4v) is 2.78. The Labute approximate surface area is 119 Å². The summed E-state index contributed by atoms with van der Waals surface area (Å²) in [7, 11) is 0. The highest BCUT2D eigenvalue weighted by Crippen LogP contribution is 2.29. The number of aromatic nitrogens is 1. The molecule has 0 spiro atoms. The highest BCUT2D eigenvalue weighted by atomic mass is 32.1. The van der Waals surface area contributed by atoms with Crippen LogP contribution in [-0.2, 0) is 6.42 Å². The highest BCUT2D eigenvalue weighted by molar-refractivity contribution is 7.13. The second-order valence-electron chi connectivity index (χ2n) is 5.25. The predicted octanol–water partition coefficient (Wildman–Crippen LogP) is 3.89. The molecule has 1 N–H and O–H groups in total. The van der Waals surface area contributed by atoms with E-state index in [4.69, 9.17) is 4.42 Å². The number of nitrogens with one attached hydrogen (secondary N) is 1. The van der Waals surface area contributed by atoms with E-state index in [-0.39, 0.29) is 0 Å². The summed E-state index contributed by atoms with van der Waals surface area (Å²) in [5.74, 6) is 2.45. The van der Waals surface area contributed by atoms with Gasteiger partial charge < -0.3 is 9.73 Å². The summed E-state index contributed by atoms with van der Waals surface area (Å²) in [4.78, 5) is 5.55. The molecular formula is C15H22N2OS. The van der Waals surface area contributed by atoms with Crippen molar-refractivity contribution in [1.82, 2.24) is 10.3 Å². The molecule has 0 fully saturated rings. The monoisotopic (exact) mass is 278 g/mol. The van der Waals surface area contributed by atoms with Gasteiger partial charge in [0.2, 0.25) is 0 Å². The quantitative estimate of drug-likeness (QED) is 0.781. The number of aryl methyl sites for hydroxylation is 2. The number of hydrogen-bond acceptors (Lipinski definition) is 4. The van der Waals surface area contributed by atoms with Gasteiger partial charge in [-0.1, -0.05) is 13.8 Å². The molecule has 19 heavy (non-hydrogen) atoms. The van der Waals surface area contributed by atoms with Crippen molar-refractivity contribution in [2.45, 2.75) is 33.6 Å². The maximum Gasteiger partial charge on any atom is 0.194 e. The fraction of sp³-hybridized carbons (Fsp3) is 0.533. The van der Waals surface area contributed by atoms with E-state index in [0.717, 1.165) is 37.6 Å². The lowest BCUT2D eigenvalue weighted by Crippen LogP contribution is -2.21. The van der Waals surface area contributed by atoms with Crippen LogP contribution in [0.3, 0.4) is 0 Å². The van der Waals surface area contributed by atoms with E-state index in [9.17, 15) is 0 Å². The summed E-state index contributed by atoms with van der Waals surface area (Å²) in [5.41, 5.74) is 1.26. The highest BCUT2D eigenvalue weighted by Gasteiger charge is 2.09. The Morgan fingerprint density at radius 1 is 1.42 bits per heavy atom. The van der Waals surface area contributed by atoms with Crippen LogP contribution in [0.25, 0.3) is 10.6 Å². The van der Waals surface area contributed by atoms with E-state index < -0.39 is 0 Å². The maximum atomic E-state index is 5.81. The van der Waals surface area contributed by atoms with Gasteiger partial charge in [-0.25, -0.2) is 4.98 Å². The minimum atomic E-state index is 0.704. The molecule has 104 valence electrons. The molecule has 0 bridgehead atoms. The van der Waals surface area contributed by atoms with Crippen LogP contribution in [0.2, 0.25) is 0 Å². The van der Waals surface area contributed by atoms with Crippen molar-refractivity contribution >= 4 is 11.3 Å². The standard InChI is InChI=1S/C15H22N2OS/c1-11(2)9-16-7-4-5-14-17-10-13(18-14)15-12(3)6-8-19-15/h6,8,10-11,16H,4-5,7,9H2,1-3H3. The molecule has 2 aromatic rings. The third-order valence-corrected chi connectivity index (χ3v) is 3.97. The molecule has 0 atom stereocenters. The summed E-state index contributed by atoms with van der Waals surface area (Å²) >= 11 is 1.71. The second kappa shape index (κ2) is 6.87. The van der Waals surface area contributed by atoms with Crippen LogP contribution in [0, 0.1) is 12.8 Å². The van der Waals surface area contributed by atoms with E-state index in [2.05, 4.69) is 42.5 Å². The van der Waals surface area contributed by atoms with Crippen LogP contribution in [0.4, 0.5) is 0 Å². The average molecular weight is 278 g/mol. The van der Waals surface area contributed by atoms with Crippen molar-refractivity contribution in [2.24, 2.45) is 5.92 Å². The summed E-state index contributed by atoms with van der Waals surface area (Å²) in [6.07, 6.45) is 3.81. The third-order valence-electron chi connectivity index (χ3n) is 2.94. The zero-order chi connectivity index (χ0) is 13.7. The second-order valence-corrected chi connectivity index (χ2v) is 6.17. The molecule has 4 heteroatoms.